The predicted molar refractivity (Wildman–Crippen MR) is 50.4 cm³/mol. The van der Waals surface area contributed by atoms with Gasteiger partial charge < -0.3 is 14.8 Å². The fourth-order valence-electron chi connectivity index (χ4n) is 0.671. The number of rotatable bonds is 2. The fraction of sp³-hybridized carbons (Fsp3) is 0. The van der Waals surface area contributed by atoms with Gasteiger partial charge in [0, 0.05) is 4.47 Å². The van der Waals surface area contributed by atoms with E-state index in [0.717, 1.165) is 4.47 Å². The van der Waals surface area contributed by atoms with E-state index in [1.165, 1.54) is 12.1 Å². The molecule has 0 aliphatic heterocycles. The minimum Gasteiger partial charge on any atom is -0.430 e. The van der Waals surface area contributed by atoms with Crippen LogP contribution in [0.2, 0.25) is 0 Å². The van der Waals surface area contributed by atoms with Gasteiger partial charge in [0.05, 0.1) is 0 Å². The van der Waals surface area contributed by atoms with Gasteiger partial charge >= 0.3 is 13.0 Å². The molecule has 0 aliphatic rings. The minimum absolute atomic E-state index is 0.265. The van der Waals surface area contributed by atoms with Crippen LogP contribution in [0.3, 0.4) is 0 Å². The quantitative estimate of drug-likeness (QED) is 0.762. The van der Waals surface area contributed by atoms with Crippen molar-refractivity contribution in [3.05, 3.63) is 28.7 Å². The van der Waals surface area contributed by atoms with Crippen molar-refractivity contribution in [2.75, 3.05) is 0 Å². The standard InChI is InChI=1S/C7H6BBrO4/c9-5-1-3-6(4-2-5)13-7(10)8(11)12/h1-4,11-12H. The molecule has 1 aromatic rings. The van der Waals surface area contributed by atoms with Gasteiger partial charge in [-0.15, -0.1) is 0 Å². The average molecular weight is 245 g/mol. The molecule has 0 bridgehead atoms. The smallest absolute Gasteiger partial charge is 0.430 e. The van der Waals surface area contributed by atoms with Crippen molar-refractivity contribution >= 4 is 28.9 Å². The molecule has 0 saturated carbocycles. The summed E-state index contributed by atoms with van der Waals surface area (Å²) >= 11 is 3.20. The van der Waals surface area contributed by atoms with E-state index < -0.39 is 13.0 Å². The number of hydrogen-bond acceptors (Lipinski definition) is 4. The highest BCUT2D eigenvalue weighted by Crippen LogP contribution is 2.16. The van der Waals surface area contributed by atoms with Gasteiger partial charge in [-0.05, 0) is 24.3 Å². The first kappa shape index (κ1) is 10.2. The SMILES string of the molecule is O=C(Oc1ccc(Br)cc1)B(O)O. The Balaban J connectivity index is 2.65. The maximum absolute atomic E-state index is 10.7. The van der Waals surface area contributed by atoms with Crippen LogP contribution in [0.25, 0.3) is 0 Å². The van der Waals surface area contributed by atoms with E-state index in [2.05, 4.69) is 20.7 Å². The summed E-state index contributed by atoms with van der Waals surface area (Å²) < 4.78 is 5.42. The van der Waals surface area contributed by atoms with E-state index in [9.17, 15) is 4.79 Å². The first-order chi connectivity index (χ1) is 6.09. The predicted octanol–water partition coefficient (Wildman–Crippen LogP) is 1.00. The topological polar surface area (TPSA) is 66.8 Å². The van der Waals surface area contributed by atoms with Crippen LogP contribution in [0.15, 0.2) is 28.7 Å². The summed E-state index contributed by atoms with van der Waals surface area (Å²) in [5, 5.41) is 16.8. The molecule has 0 atom stereocenters. The second-order valence-electron chi connectivity index (χ2n) is 2.25. The van der Waals surface area contributed by atoms with E-state index in [-0.39, 0.29) is 5.75 Å². The molecule has 1 rings (SSSR count). The summed E-state index contributed by atoms with van der Waals surface area (Å²) in [4.78, 5) is 10.7. The molecule has 0 saturated heterocycles. The van der Waals surface area contributed by atoms with Crippen LogP contribution in [0.5, 0.6) is 5.75 Å². The van der Waals surface area contributed by atoms with Gasteiger partial charge in [0.2, 0.25) is 0 Å². The summed E-state index contributed by atoms with van der Waals surface area (Å²) in [7, 11) is -2.09. The van der Waals surface area contributed by atoms with Crippen molar-refractivity contribution in [1.29, 1.82) is 0 Å². The van der Waals surface area contributed by atoms with Gasteiger partial charge in [-0.25, -0.2) is 0 Å². The largest absolute Gasteiger partial charge is 0.579 e. The normalized spacial score (nSPS) is 9.46. The van der Waals surface area contributed by atoms with Gasteiger partial charge in [0.15, 0.2) is 0 Å². The van der Waals surface area contributed by atoms with Crippen molar-refractivity contribution < 1.29 is 19.6 Å². The number of carbonyl (C=O) groups is 1. The van der Waals surface area contributed by atoms with Crippen molar-refractivity contribution in [3.8, 4) is 5.75 Å². The number of benzene rings is 1. The first-order valence-corrected chi connectivity index (χ1v) is 4.22. The lowest BCUT2D eigenvalue weighted by Crippen LogP contribution is -2.28. The average Bonchev–Trinajstić information content (AvgIpc) is 2.08. The summed E-state index contributed by atoms with van der Waals surface area (Å²) in [5.41, 5.74) is 0. The second-order valence-corrected chi connectivity index (χ2v) is 3.16. The minimum atomic E-state index is -2.09. The number of hydrogen-bond donors (Lipinski definition) is 2. The summed E-state index contributed by atoms with van der Waals surface area (Å²) in [6, 6.07) is 6.41. The Labute approximate surface area is 83.4 Å². The molecule has 13 heavy (non-hydrogen) atoms. The number of ether oxygens (including phenoxy) is 1. The Morgan fingerprint density at radius 2 is 1.85 bits per heavy atom. The van der Waals surface area contributed by atoms with Crippen LogP contribution in [0.4, 0.5) is 4.79 Å². The molecular formula is C7H6BBrO4. The molecule has 1 aromatic carbocycles. The van der Waals surface area contributed by atoms with Crippen LogP contribution in [-0.4, -0.2) is 23.0 Å². The second kappa shape index (κ2) is 4.41. The zero-order chi connectivity index (χ0) is 9.84. The highest BCUT2D eigenvalue weighted by molar-refractivity contribution is 9.10. The van der Waals surface area contributed by atoms with Gasteiger partial charge in [-0.1, -0.05) is 15.9 Å². The van der Waals surface area contributed by atoms with Crippen LogP contribution < -0.4 is 4.74 Å². The van der Waals surface area contributed by atoms with E-state index in [1.807, 2.05) is 0 Å². The zero-order valence-electron chi connectivity index (χ0n) is 6.48. The van der Waals surface area contributed by atoms with Gasteiger partial charge in [-0.3, -0.25) is 4.79 Å². The molecular weight excluding hydrogens is 239 g/mol. The summed E-state index contributed by atoms with van der Waals surface area (Å²) in [6.07, 6.45) is 0. The maximum Gasteiger partial charge on any atom is 0.579 e. The van der Waals surface area contributed by atoms with E-state index in [4.69, 9.17) is 10.0 Å². The van der Waals surface area contributed by atoms with Crippen LogP contribution >= 0.6 is 15.9 Å². The molecule has 6 heteroatoms. The van der Waals surface area contributed by atoms with Gasteiger partial charge in [-0.2, -0.15) is 0 Å². The molecule has 0 radical (unpaired) electrons. The van der Waals surface area contributed by atoms with Crippen molar-refractivity contribution in [1.82, 2.24) is 0 Å². The molecule has 2 N–H and O–H groups in total. The molecule has 0 aromatic heterocycles. The highest BCUT2D eigenvalue weighted by atomic mass is 79.9. The van der Waals surface area contributed by atoms with Crippen LogP contribution in [0, 0.1) is 0 Å². The lowest BCUT2D eigenvalue weighted by Gasteiger charge is -2.02. The Bertz CT molecular complexity index is 298. The zero-order valence-corrected chi connectivity index (χ0v) is 8.06. The van der Waals surface area contributed by atoms with Crippen LogP contribution in [0.1, 0.15) is 0 Å². The van der Waals surface area contributed by atoms with Crippen LogP contribution in [-0.2, 0) is 0 Å². The molecule has 68 valence electrons. The Morgan fingerprint density at radius 3 is 2.31 bits per heavy atom. The molecule has 0 unspecified atom stereocenters. The Hall–Kier alpha value is -0.845. The molecule has 0 aliphatic carbocycles. The molecule has 0 amide bonds. The molecule has 0 spiro atoms. The maximum atomic E-state index is 10.7. The third kappa shape index (κ3) is 3.18. The molecule has 0 heterocycles. The van der Waals surface area contributed by atoms with Gasteiger partial charge in [0.1, 0.15) is 5.75 Å². The highest BCUT2D eigenvalue weighted by Gasteiger charge is 2.22. The number of halogens is 1. The van der Waals surface area contributed by atoms with Crippen molar-refractivity contribution in [2.24, 2.45) is 0 Å². The molecule has 0 fully saturated rings. The number of carbonyl (C=O) groups excluding carboxylic acids is 1. The fourth-order valence-corrected chi connectivity index (χ4v) is 0.936. The molecule has 4 nitrogen and oxygen atoms in total. The monoisotopic (exact) mass is 244 g/mol. The first-order valence-electron chi connectivity index (χ1n) is 3.43. The van der Waals surface area contributed by atoms with Gasteiger partial charge in [0.25, 0.3) is 0 Å². The summed E-state index contributed by atoms with van der Waals surface area (Å²) in [5.74, 6) is -0.830. The van der Waals surface area contributed by atoms with E-state index >= 15 is 0 Å². The summed E-state index contributed by atoms with van der Waals surface area (Å²) in [6.45, 7) is 0. The lowest BCUT2D eigenvalue weighted by molar-refractivity contribution is 0.212. The third-order valence-corrected chi connectivity index (χ3v) is 1.77. The lowest BCUT2D eigenvalue weighted by atomic mass is 9.93. The van der Waals surface area contributed by atoms with Crippen molar-refractivity contribution in [2.45, 2.75) is 0 Å². The van der Waals surface area contributed by atoms with E-state index in [1.54, 1.807) is 12.1 Å². The third-order valence-electron chi connectivity index (χ3n) is 1.24. The van der Waals surface area contributed by atoms with Crippen molar-refractivity contribution in [3.63, 3.8) is 0 Å². The van der Waals surface area contributed by atoms with E-state index in [0.29, 0.717) is 0 Å². The Morgan fingerprint density at radius 1 is 1.31 bits per heavy atom. The Kier molecular flexibility index (Phi) is 3.47.